The lowest BCUT2D eigenvalue weighted by molar-refractivity contribution is 0.0927. The van der Waals surface area contributed by atoms with Gasteiger partial charge in [-0.05, 0) is 113 Å². The predicted molar refractivity (Wildman–Crippen MR) is 170 cm³/mol. The third-order valence-electron chi connectivity index (χ3n) is 7.18. The van der Waals surface area contributed by atoms with E-state index in [1.165, 1.54) is 36.1 Å². The van der Waals surface area contributed by atoms with Gasteiger partial charge in [0.05, 0.1) is 24.3 Å². The highest BCUT2D eigenvalue weighted by molar-refractivity contribution is 14.1. The van der Waals surface area contributed by atoms with E-state index in [0.717, 1.165) is 66.7 Å². The van der Waals surface area contributed by atoms with E-state index < -0.39 is 0 Å². The summed E-state index contributed by atoms with van der Waals surface area (Å²) in [5, 5.41) is 13.5. The number of aliphatic imine (C=N–C) groups is 1. The summed E-state index contributed by atoms with van der Waals surface area (Å²) >= 11 is 6.25. The van der Waals surface area contributed by atoms with E-state index >= 15 is 0 Å². The number of hydrogen-bond acceptors (Lipinski definition) is 5. The van der Waals surface area contributed by atoms with Crippen molar-refractivity contribution < 1.29 is 9.53 Å². The van der Waals surface area contributed by atoms with E-state index in [4.69, 9.17) is 9.73 Å². The van der Waals surface area contributed by atoms with Crippen molar-refractivity contribution in [2.24, 2.45) is 4.99 Å². The fourth-order valence-corrected chi connectivity index (χ4v) is 8.57. The maximum absolute atomic E-state index is 13.4. The highest BCUT2D eigenvalue weighted by atomic mass is 127. The molecule has 0 saturated heterocycles. The molecule has 0 atom stereocenters. The molecule has 8 heteroatoms. The average Bonchev–Trinajstić information content (AvgIpc) is 3.31. The molecule has 1 amide bonds. The quantitative estimate of drug-likeness (QED) is 0.196. The van der Waals surface area contributed by atoms with Gasteiger partial charge in [0.1, 0.15) is 17.4 Å². The molecule has 0 spiro atoms. The minimum Gasteiger partial charge on any atom is -0.487 e. The Balaban J connectivity index is 1.36. The molecular formula is C30H29I2N3O2S. The Morgan fingerprint density at radius 1 is 1.11 bits per heavy atom. The van der Waals surface area contributed by atoms with Gasteiger partial charge in [0.25, 0.3) is 5.91 Å². The van der Waals surface area contributed by atoms with Crippen molar-refractivity contribution in [3.05, 3.63) is 76.2 Å². The molecule has 1 heterocycles. The van der Waals surface area contributed by atoms with Crippen LogP contribution in [0.1, 0.15) is 82.4 Å². The summed E-state index contributed by atoms with van der Waals surface area (Å²) in [6, 6.07) is 14.1. The van der Waals surface area contributed by atoms with Crippen LogP contribution in [-0.2, 0) is 19.4 Å². The van der Waals surface area contributed by atoms with E-state index in [9.17, 15) is 10.1 Å². The zero-order valence-corrected chi connectivity index (χ0v) is 26.2. The van der Waals surface area contributed by atoms with Crippen molar-refractivity contribution in [3.63, 3.8) is 0 Å². The Morgan fingerprint density at radius 3 is 2.61 bits per heavy atom. The number of carbonyl (C=O) groups is 1. The molecule has 0 unspecified atom stereocenters. The third-order valence-corrected chi connectivity index (χ3v) is 9.98. The van der Waals surface area contributed by atoms with Gasteiger partial charge in [-0.3, -0.25) is 4.79 Å². The molecule has 0 aliphatic heterocycles. The van der Waals surface area contributed by atoms with E-state index in [0.29, 0.717) is 12.2 Å². The number of rotatable bonds is 7. The topological polar surface area (TPSA) is 74.5 Å². The number of aryl methyl sites for hydroxylation is 1. The molecule has 0 radical (unpaired) electrons. The van der Waals surface area contributed by atoms with Crippen molar-refractivity contribution >= 4 is 73.6 Å². The SMILES string of the molecule is N#Cc1ccccc1COc1c(I)cc(C=Nc2sc3c(c2C(=O)NC2CCCCC2)CCCC3)cc1I. The Kier molecular flexibility index (Phi) is 9.38. The molecule has 1 N–H and O–H groups in total. The van der Waals surface area contributed by atoms with Crippen LogP contribution in [0.4, 0.5) is 5.00 Å². The number of nitrogens with one attached hydrogen (secondary N) is 1. The number of fused-ring (bicyclic) bond motifs is 1. The normalized spacial score (nSPS) is 15.7. The summed E-state index contributed by atoms with van der Waals surface area (Å²) in [5.41, 5.74) is 4.48. The number of benzene rings is 2. The van der Waals surface area contributed by atoms with Gasteiger partial charge in [0, 0.05) is 22.7 Å². The summed E-state index contributed by atoms with van der Waals surface area (Å²) in [6.45, 7) is 0.337. The van der Waals surface area contributed by atoms with Crippen molar-refractivity contribution in [3.8, 4) is 11.8 Å². The molecule has 5 rings (SSSR count). The first kappa shape index (κ1) is 27.6. The van der Waals surface area contributed by atoms with Crippen molar-refractivity contribution in [1.29, 1.82) is 5.26 Å². The summed E-state index contributed by atoms with van der Waals surface area (Å²) in [6.07, 6.45) is 12.0. The number of carbonyl (C=O) groups excluding carboxylic acids is 1. The molecule has 2 aliphatic rings. The largest absolute Gasteiger partial charge is 0.487 e. The molecule has 3 aromatic rings. The van der Waals surface area contributed by atoms with Gasteiger partial charge in [0.2, 0.25) is 0 Å². The predicted octanol–water partition coefficient (Wildman–Crippen LogP) is 8.10. The lowest BCUT2D eigenvalue weighted by atomic mass is 9.93. The number of hydrogen-bond donors (Lipinski definition) is 1. The zero-order valence-electron chi connectivity index (χ0n) is 21.1. The number of halogens is 2. The molecule has 5 nitrogen and oxygen atoms in total. The second-order valence-electron chi connectivity index (χ2n) is 9.83. The highest BCUT2D eigenvalue weighted by Crippen LogP contribution is 2.40. The molecule has 2 aromatic carbocycles. The first-order valence-corrected chi connectivity index (χ1v) is 16.1. The first-order chi connectivity index (χ1) is 18.5. The minimum absolute atomic E-state index is 0.0500. The van der Waals surface area contributed by atoms with Crippen molar-refractivity contribution in [2.75, 3.05) is 0 Å². The minimum atomic E-state index is 0.0500. The van der Waals surface area contributed by atoms with Crippen molar-refractivity contribution in [1.82, 2.24) is 5.32 Å². The molecule has 2 aliphatic carbocycles. The lowest BCUT2D eigenvalue weighted by Gasteiger charge is -2.23. The maximum Gasteiger partial charge on any atom is 0.254 e. The molecule has 1 fully saturated rings. The molecule has 1 saturated carbocycles. The Bertz CT molecular complexity index is 1380. The van der Waals surface area contributed by atoms with Crippen LogP contribution in [0.25, 0.3) is 0 Å². The van der Waals surface area contributed by atoms with Crippen LogP contribution >= 0.6 is 56.5 Å². The summed E-state index contributed by atoms with van der Waals surface area (Å²) in [4.78, 5) is 19.6. The van der Waals surface area contributed by atoms with Gasteiger partial charge in [0.15, 0.2) is 0 Å². The molecule has 1 aromatic heterocycles. The summed E-state index contributed by atoms with van der Waals surface area (Å²) < 4.78 is 8.09. The van der Waals surface area contributed by atoms with Crippen LogP contribution in [0.5, 0.6) is 5.75 Å². The monoisotopic (exact) mass is 749 g/mol. The highest BCUT2D eigenvalue weighted by Gasteiger charge is 2.27. The van der Waals surface area contributed by atoms with Crippen LogP contribution in [0.3, 0.4) is 0 Å². The third kappa shape index (κ3) is 6.42. The van der Waals surface area contributed by atoms with E-state index in [-0.39, 0.29) is 11.9 Å². The fraction of sp³-hybridized carbons (Fsp3) is 0.367. The Labute approximate surface area is 255 Å². The van der Waals surface area contributed by atoms with Crippen LogP contribution in [-0.4, -0.2) is 18.2 Å². The molecule has 196 valence electrons. The van der Waals surface area contributed by atoms with Gasteiger partial charge in [-0.1, -0.05) is 37.5 Å². The van der Waals surface area contributed by atoms with Gasteiger partial charge < -0.3 is 10.1 Å². The molecular weight excluding hydrogens is 720 g/mol. The van der Waals surface area contributed by atoms with Gasteiger partial charge in [-0.2, -0.15) is 5.26 Å². The first-order valence-electron chi connectivity index (χ1n) is 13.1. The summed E-state index contributed by atoms with van der Waals surface area (Å²) in [7, 11) is 0. The summed E-state index contributed by atoms with van der Waals surface area (Å²) in [5.74, 6) is 0.851. The van der Waals surface area contributed by atoms with Gasteiger partial charge in [-0.25, -0.2) is 4.99 Å². The second kappa shape index (κ2) is 12.9. The number of nitriles is 1. The Hall–Kier alpha value is -1.97. The van der Waals surface area contributed by atoms with Crippen LogP contribution in [0.2, 0.25) is 0 Å². The second-order valence-corrected chi connectivity index (χ2v) is 13.2. The molecule has 38 heavy (non-hydrogen) atoms. The number of amides is 1. The van der Waals surface area contributed by atoms with Crippen LogP contribution in [0.15, 0.2) is 41.4 Å². The average molecular weight is 749 g/mol. The van der Waals surface area contributed by atoms with Crippen LogP contribution in [0, 0.1) is 18.5 Å². The van der Waals surface area contributed by atoms with Crippen LogP contribution < -0.4 is 10.1 Å². The number of ether oxygens (including phenoxy) is 1. The van der Waals surface area contributed by atoms with Gasteiger partial charge in [-0.15, -0.1) is 11.3 Å². The standard InChI is InChI=1S/C30H29I2N3O2S/c31-24-14-19(15-25(32)28(24)37-18-21-9-5-4-8-20(21)16-33)17-34-30-27(23-12-6-7-13-26(23)38-30)29(36)35-22-10-2-1-3-11-22/h4-5,8-9,14-15,17,22H,1-3,6-7,10-13,18H2,(H,35,36). The Morgan fingerprint density at radius 2 is 1.84 bits per heavy atom. The van der Waals surface area contributed by atoms with E-state index in [2.05, 4.69) is 56.6 Å². The zero-order chi connectivity index (χ0) is 26.5. The fourth-order valence-electron chi connectivity index (χ4n) is 5.21. The number of thiophene rings is 1. The van der Waals surface area contributed by atoms with E-state index in [1.54, 1.807) is 17.4 Å². The van der Waals surface area contributed by atoms with E-state index in [1.807, 2.05) is 36.5 Å². The lowest BCUT2D eigenvalue weighted by Crippen LogP contribution is -2.36. The maximum atomic E-state index is 13.4. The molecule has 0 bridgehead atoms. The van der Waals surface area contributed by atoms with Gasteiger partial charge >= 0.3 is 0 Å². The van der Waals surface area contributed by atoms with Crippen molar-refractivity contribution in [2.45, 2.75) is 70.4 Å². The number of nitrogens with zero attached hydrogens (tertiary/aromatic N) is 2. The smallest absolute Gasteiger partial charge is 0.254 e.